The van der Waals surface area contributed by atoms with E-state index in [1.54, 1.807) is 19.9 Å². The van der Waals surface area contributed by atoms with Crippen LogP contribution in [0.3, 0.4) is 0 Å². The molecule has 0 N–H and O–H groups in total. The van der Waals surface area contributed by atoms with Crippen molar-refractivity contribution in [1.82, 2.24) is 9.78 Å². The third-order valence-electron chi connectivity index (χ3n) is 2.81. The molecule has 0 aliphatic carbocycles. The highest BCUT2D eigenvalue weighted by Crippen LogP contribution is 2.27. The van der Waals surface area contributed by atoms with Gasteiger partial charge in [0.1, 0.15) is 5.69 Å². The van der Waals surface area contributed by atoms with Gasteiger partial charge >= 0.3 is 0 Å². The number of nitro groups is 1. The highest BCUT2D eigenvalue weighted by molar-refractivity contribution is 7.90. The van der Waals surface area contributed by atoms with E-state index in [0.717, 1.165) is 23.7 Å². The fourth-order valence-electron chi connectivity index (χ4n) is 1.93. The maximum absolute atomic E-state index is 11.5. The van der Waals surface area contributed by atoms with Crippen LogP contribution in [0.25, 0.3) is 5.69 Å². The number of aryl methyl sites for hydroxylation is 2. The second kappa shape index (κ2) is 4.71. The van der Waals surface area contributed by atoms with Crippen LogP contribution in [0.1, 0.15) is 11.4 Å². The molecule has 0 aliphatic heterocycles. The van der Waals surface area contributed by atoms with Gasteiger partial charge in [0.15, 0.2) is 9.84 Å². The summed E-state index contributed by atoms with van der Waals surface area (Å²) < 4.78 is 24.4. The number of hydrogen-bond acceptors (Lipinski definition) is 5. The van der Waals surface area contributed by atoms with E-state index in [9.17, 15) is 18.5 Å². The van der Waals surface area contributed by atoms with Crippen molar-refractivity contribution >= 4 is 15.5 Å². The zero-order chi connectivity index (χ0) is 15.1. The van der Waals surface area contributed by atoms with Crippen molar-refractivity contribution in [2.24, 2.45) is 0 Å². The lowest BCUT2D eigenvalue weighted by atomic mass is 10.2. The van der Waals surface area contributed by atoms with Gasteiger partial charge in [-0.2, -0.15) is 5.10 Å². The minimum absolute atomic E-state index is 0.0884. The van der Waals surface area contributed by atoms with E-state index < -0.39 is 14.8 Å². The Morgan fingerprint density at radius 3 is 2.35 bits per heavy atom. The van der Waals surface area contributed by atoms with Crippen LogP contribution in [0.15, 0.2) is 29.2 Å². The lowest BCUT2D eigenvalue weighted by Gasteiger charge is -2.07. The van der Waals surface area contributed by atoms with Gasteiger partial charge in [-0.15, -0.1) is 0 Å². The number of hydrogen-bond donors (Lipinski definition) is 0. The first-order valence-electron chi connectivity index (χ1n) is 5.72. The van der Waals surface area contributed by atoms with Gasteiger partial charge in [0.25, 0.3) is 5.69 Å². The van der Waals surface area contributed by atoms with Crippen LogP contribution in [0.4, 0.5) is 5.69 Å². The zero-order valence-electron chi connectivity index (χ0n) is 11.2. The van der Waals surface area contributed by atoms with Crippen LogP contribution in [-0.2, 0) is 9.84 Å². The van der Waals surface area contributed by atoms with Crippen LogP contribution >= 0.6 is 0 Å². The Morgan fingerprint density at radius 1 is 1.25 bits per heavy atom. The minimum Gasteiger partial charge on any atom is -0.258 e. The third-order valence-corrected chi connectivity index (χ3v) is 3.92. The van der Waals surface area contributed by atoms with E-state index >= 15 is 0 Å². The summed E-state index contributed by atoms with van der Waals surface area (Å²) in [5.41, 5.74) is 1.41. The molecule has 0 bridgehead atoms. The topological polar surface area (TPSA) is 95.1 Å². The summed E-state index contributed by atoms with van der Waals surface area (Å²) in [5.74, 6) is 0. The van der Waals surface area contributed by atoms with E-state index in [1.807, 2.05) is 0 Å². The molecule has 2 aromatic rings. The molecule has 0 aliphatic rings. The third kappa shape index (κ3) is 2.55. The molecular weight excluding hydrogens is 282 g/mol. The van der Waals surface area contributed by atoms with Crippen molar-refractivity contribution in [3.63, 3.8) is 0 Å². The lowest BCUT2D eigenvalue weighted by molar-refractivity contribution is -0.384. The number of nitrogens with zero attached hydrogens (tertiary/aromatic N) is 3. The molecule has 20 heavy (non-hydrogen) atoms. The standard InChI is InChI=1S/C12H13N3O4S/c1-8-6-9(2)14(13-8)11-5-4-10(20(3,18)19)7-12(11)15(16)17/h4-7H,1-3H3. The van der Waals surface area contributed by atoms with E-state index in [4.69, 9.17) is 0 Å². The van der Waals surface area contributed by atoms with E-state index in [-0.39, 0.29) is 16.3 Å². The van der Waals surface area contributed by atoms with Crippen LogP contribution in [0.5, 0.6) is 0 Å². The van der Waals surface area contributed by atoms with Crippen molar-refractivity contribution in [1.29, 1.82) is 0 Å². The summed E-state index contributed by atoms with van der Waals surface area (Å²) in [6, 6.07) is 5.58. The first kappa shape index (κ1) is 14.2. The Hall–Kier alpha value is -2.22. The van der Waals surface area contributed by atoms with Crippen LogP contribution < -0.4 is 0 Å². The number of nitro benzene ring substituents is 1. The Balaban J connectivity index is 2.72. The Bertz CT molecular complexity index is 793. The molecule has 1 aromatic carbocycles. The molecule has 7 nitrogen and oxygen atoms in total. The summed E-state index contributed by atoms with van der Waals surface area (Å²) in [4.78, 5) is 10.5. The van der Waals surface area contributed by atoms with Gasteiger partial charge in [-0.1, -0.05) is 0 Å². The molecule has 0 saturated carbocycles. The lowest BCUT2D eigenvalue weighted by Crippen LogP contribution is -2.06. The molecule has 1 heterocycles. The fraction of sp³-hybridized carbons (Fsp3) is 0.250. The molecular formula is C12H13N3O4S. The van der Waals surface area contributed by atoms with Crippen molar-refractivity contribution in [3.8, 4) is 5.69 Å². The number of benzene rings is 1. The molecule has 0 unspecified atom stereocenters. The van der Waals surface area contributed by atoms with E-state index in [1.165, 1.54) is 16.8 Å². The molecule has 0 amide bonds. The van der Waals surface area contributed by atoms with E-state index in [2.05, 4.69) is 5.10 Å². The molecule has 2 rings (SSSR count). The molecule has 106 valence electrons. The molecule has 0 fully saturated rings. The monoisotopic (exact) mass is 295 g/mol. The predicted molar refractivity (Wildman–Crippen MR) is 72.8 cm³/mol. The second-order valence-corrected chi connectivity index (χ2v) is 6.53. The Morgan fingerprint density at radius 2 is 1.90 bits per heavy atom. The van der Waals surface area contributed by atoms with Gasteiger partial charge in [0.2, 0.25) is 0 Å². The summed E-state index contributed by atoms with van der Waals surface area (Å²) in [6.07, 6.45) is 1.01. The average Bonchev–Trinajstić information content (AvgIpc) is 2.66. The number of rotatable bonds is 3. The van der Waals surface area contributed by atoms with Gasteiger partial charge in [0, 0.05) is 18.0 Å². The molecule has 0 radical (unpaired) electrons. The number of aromatic nitrogens is 2. The summed E-state index contributed by atoms with van der Waals surface area (Å²) >= 11 is 0. The highest BCUT2D eigenvalue weighted by atomic mass is 32.2. The quantitative estimate of drug-likeness (QED) is 0.635. The highest BCUT2D eigenvalue weighted by Gasteiger charge is 2.21. The minimum atomic E-state index is -3.50. The Labute approximate surface area is 115 Å². The smallest absolute Gasteiger partial charge is 0.258 e. The summed E-state index contributed by atoms with van der Waals surface area (Å²) in [7, 11) is -3.50. The maximum atomic E-state index is 11.5. The van der Waals surface area contributed by atoms with Gasteiger partial charge in [0.05, 0.1) is 15.5 Å². The largest absolute Gasteiger partial charge is 0.296 e. The summed E-state index contributed by atoms with van der Waals surface area (Å²) in [5, 5.41) is 15.3. The SMILES string of the molecule is Cc1cc(C)n(-c2ccc(S(C)(=O)=O)cc2[N+](=O)[O-])n1. The van der Waals surface area contributed by atoms with Gasteiger partial charge in [-0.3, -0.25) is 10.1 Å². The van der Waals surface area contributed by atoms with Crippen molar-refractivity contribution in [2.45, 2.75) is 18.7 Å². The van der Waals surface area contributed by atoms with E-state index in [0.29, 0.717) is 0 Å². The van der Waals surface area contributed by atoms with Crippen molar-refractivity contribution in [3.05, 3.63) is 45.8 Å². The summed E-state index contributed by atoms with van der Waals surface area (Å²) in [6.45, 7) is 3.55. The predicted octanol–water partition coefficient (Wildman–Crippen LogP) is 1.80. The first-order valence-corrected chi connectivity index (χ1v) is 7.61. The zero-order valence-corrected chi connectivity index (χ0v) is 12.0. The number of sulfone groups is 1. The van der Waals surface area contributed by atoms with Gasteiger partial charge in [-0.05, 0) is 32.0 Å². The first-order chi connectivity index (χ1) is 9.20. The van der Waals surface area contributed by atoms with Gasteiger partial charge in [-0.25, -0.2) is 13.1 Å². The normalized spacial score (nSPS) is 11.6. The van der Waals surface area contributed by atoms with Crippen molar-refractivity contribution in [2.75, 3.05) is 6.26 Å². The molecule has 0 saturated heterocycles. The van der Waals surface area contributed by atoms with Crippen LogP contribution in [0.2, 0.25) is 0 Å². The molecule has 8 heteroatoms. The second-order valence-electron chi connectivity index (χ2n) is 4.52. The average molecular weight is 295 g/mol. The van der Waals surface area contributed by atoms with Crippen molar-refractivity contribution < 1.29 is 13.3 Å². The Kier molecular flexibility index (Phi) is 3.34. The molecule has 0 atom stereocenters. The maximum Gasteiger partial charge on any atom is 0.296 e. The molecule has 0 spiro atoms. The van der Waals surface area contributed by atoms with Gasteiger partial charge < -0.3 is 0 Å². The fourth-order valence-corrected chi connectivity index (χ4v) is 2.57. The van der Waals surface area contributed by atoms with Crippen LogP contribution in [0, 0.1) is 24.0 Å². The molecule has 1 aromatic heterocycles. The van der Waals surface area contributed by atoms with Crippen LogP contribution in [-0.4, -0.2) is 29.4 Å².